The van der Waals surface area contributed by atoms with E-state index in [1.807, 2.05) is 30.3 Å². The zero-order valence-electron chi connectivity index (χ0n) is 21.4. The highest BCUT2D eigenvalue weighted by Gasteiger charge is 2.38. The molecule has 4 rings (SSSR count). The molecule has 214 valence electrons. The zero-order chi connectivity index (χ0) is 29.8. The largest absolute Gasteiger partial charge is 0.489 e. The highest BCUT2D eigenvalue weighted by Crippen LogP contribution is 2.38. The third-order valence-corrected chi connectivity index (χ3v) is 6.32. The lowest BCUT2D eigenvalue weighted by Gasteiger charge is -2.18. The first-order chi connectivity index (χ1) is 19.4. The number of alkyl halides is 6. The Hall–Kier alpha value is -4.32. The summed E-state index contributed by atoms with van der Waals surface area (Å²) in [7, 11) is 1.39. The zero-order valence-corrected chi connectivity index (χ0v) is 22.3. The fourth-order valence-corrected chi connectivity index (χ4v) is 4.37. The van der Waals surface area contributed by atoms with Gasteiger partial charge in [0.2, 0.25) is 0 Å². The van der Waals surface area contributed by atoms with Crippen LogP contribution < -0.4 is 15.4 Å². The van der Waals surface area contributed by atoms with Crippen molar-refractivity contribution in [3.8, 4) is 5.75 Å². The minimum atomic E-state index is -5.04. The summed E-state index contributed by atoms with van der Waals surface area (Å²) < 4.78 is 88.8. The first kappa shape index (κ1) is 29.7. The van der Waals surface area contributed by atoms with Crippen molar-refractivity contribution < 1.29 is 35.9 Å². The Bertz CT molecular complexity index is 1590. The number of hydrogen-bond acceptors (Lipinski definition) is 3. The van der Waals surface area contributed by atoms with Crippen molar-refractivity contribution in [2.24, 2.45) is 0 Å². The Balaban J connectivity index is 1.83. The summed E-state index contributed by atoms with van der Waals surface area (Å²) >= 11 is 4.80. The lowest BCUT2D eigenvalue weighted by molar-refractivity contribution is -0.143. The Kier molecular flexibility index (Phi) is 8.72. The van der Waals surface area contributed by atoms with Gasteiger partial charge < -0.3 is 19.9 Å². The number of nitrogens with zero attached hydrogens (tertiary/aromatic N) is 1. The Morgan fingerprint density at radius 1 is 0.951 bits per heavy atom. The number of nitrogens with one attached hydrogen (secondary N) is 2. The van der Waals surface area contributed by atoms with Gasteiger partial charge in [-0.3, -0.25) is 4.79 Å². The molecule has 3 aromatic carbocycles. The van der Waals surface area contributed by atoms with E-state index in [0.29, 0.717) is 28.4 Å². The maximum atomic E-state index is 13.9. The van der Waals surface area contributed by atoms with Gasteiger partial charge in [0.15, 0.2) is 0 Å². The van der Waals surface area contributed by atoms with Gasteiger partial charge in [-0.15, -0.1) is 0 Å². The highest BCUT2D eigenvalue weighted by molar-refractivity contribution is 7.78. The maximum Gasteiger partial charge on any atom is 0.416 e. The normalized spacial score (nSPS) is 12.3. The molecule has 0 radical (unpaired) electrons. The van der Waals surface area contributed by atoms with Gasteiger partial charge in [-0.1, -0.05) is 48.6 Å². The number of benzene rings is 3. The lowest BCUT2D eigenvalue weighted by atomic mass is 10.0. The van der Waals surface area contributed by atoms with Crippen LogP contribution >= 0.6 is 12.2 Å². The van der Waals surface area contributed by atoms with Gasteiger partial charge in [0.1, 0.15) is 18.1 Å². The second-order valence-electron chi connectivity index (χ2n) is 8.92. The third-order valence-electron chi connectivity index (χ3n) is 6.20. The topological polar surface area (TPSA) is 55.3 Å². The van der Waals surface area contributed by atoms with Gasteiger partial charge in [-0.25, -0.2) is 0 Å². The van der Waals surface area contributed by atoms with Crippen LogP contribution in [0, 0.1) is 0 Å². The predicted octanol–water partition coefficient (Wildman–Crippen LogP) is 6.94. The van der Waals surface area contributed by atoms with Crippen molar-refractivity contribution in [1.29, 1.82) is 0 Å². The predicted molar refractivity (Wildman–Crippen MR) is 147 cm³/mol. The monoisotopic (exact) mass is 591 g/mol. The van der Waals surface area contributed by atoms with Gasteiger partial charge in [-0.2, -0.15) is 26.3 Å². The number of thiocarbonyl (C=S) groups is 1. The van der Waals surface area contributed by atoms with E-state index < -0.39 is 35.9 Å². The van der Waals surface area contributed by atoms with Gasteiger partial charge in [0.05, 0.1) is 16.6 Å². The van der Waals surface area contributed by atoms with E-state index in [1.165, 1.54) is 17.7 Å². The fraction of sp³-hybridized carbons (Fsp3) is 0.172. The second kappa shape index (κ2) is 12.0. The Morgan fingerprint density at radius 3 is 2.32 bits per heavy atom. The molecule has 4 aromatic rings. The van der Waals surface area contributed by atoms with Crippen LogP contribution in [0.3, 0.4) is 0 Å². The number of aromatic nitrogens is 1. The number of halogens is 6. The molecule has 12 heteroatoms. The first-order valence-corrected chi connectivity index (χ1v) is 12.6. The van der Waals surface area contributed by atoms with E-state index in [-0.39, 0.29) is 23.9 Å². The summed E-state index contributed by atoms with van der Waals surface area (Å²) in [6, 6.07) is 17.5. The smallest absolute Gasteiger partial charge is 0.416 e. The molecular weight excluding hydrogens is 568 g/mol. The second-order valence-corrected chi connectivity index (χ2v) is 9.15. The average Bonchev–Trinajstić information content (AvgIpc) is 3.26. The van der Waals surface area contributed by atoms with Crippen LogP contribution in [0.15, 0.2) is 78.5 Å². The number of rotatable bonds is 9. The van der Waals surface area contributed by atoms with Crippen molar-refractivity contribution >= 4 is 40.6 Å². The van der Waals surface area contributed by atoms with Crippen LogP contribution in [-0.4, -0.2) is 23.0 Å². The minimum absolute atomic E-state index is 0.00979. The molecule has 0 saturated heterocycles. The Morgan fingerprint density at radius 2 is 1.68 bits per heavy atom. The Labute approximate surface area is 236 Å². The summed E-state index contributed by atoms with van der Waals surface area (Å²) in [5.41, 5.74) is -0.389. The summed E-state index contributed by atoms with van der Waals surface area (Å²) in [6.45, 7) is -0.162. The third kappa shape index (κ3) is 7.07. The van der Waals surface area contributed by atoms with Crippen LogP contribution in [0.25, 0.3) is 17.0 Å². The number of ether oxygens (including phenoxy) is 1. The van der Waals surface area contributed by atoms with E-state index in [1.54, 1.807) is 24.3 Å². The molecule has 0 fully saturated rings. The molecular formula is C29H23F6N3O2S. The molecule has 0 bridgehead atoms. The number of carbonyl (C=O) groups is 1. The standard InChI is InChI=1S/C29H23F6N3O2S/c1-36-27(39)25(37-17-41)14-22-11-20-12-23(40-16-18-5-3-2-4-6-18)9-10-26(20)38(22)15-19-7-8-21(28(30,31)32)13-24(19)29(33,34)35/h2-14,17H,15-16H2,1H3,(H,36,39)(H,37,41)/b25-14+. The summed E-state index contributed by atoms with van der Waals surface area (Å²) in [6.07, 6.45) is -8.60. The van der Waals surface area contributed by atoms with E-state index >= 15 is 0 Å². The average molecular weight is 592 g/mol. The van der Waals surface area contributed by atoms with Crippen molar-refractivity contribution in [3.05, 3.63) is 106 Å². The van der Waals surface area contributed by atoms with Gasteiger partial charge in [0.25, 0.3) is 5.91 Å². The number of carbonyl (C=O) groups excluding carboxylic acids is 1. The minimum Gasteiger partial charge on any atom is -0.489 e. The van der Waals surface area contributed by atoms with E-state index in [9.17, 15) is 31.1 Å². The quantitative estimate of drug-likeness (QED) is 0.126. The number of fused-ring (bicyclic) bond motifs is 1. The molecule has 0 unspecified atom stereocenters. The first-order valence-electron chi connectivity index (χ1n) is 12.1. The van der Waals surface area contributed by atoms with Gasteiger partial charge in [-0.05, 0) is 53.6 Å². The van der Waals surface area contributed by atoms with Crippen molar-refractivity contribution in [1.82, 2.24) is 15.2 Å². The summed E-state index contributed by atoms with van der Waals surface area (Å²) in [4.78, 5) is 12.4. The van der Waals surface area contributed by atoms with Crippen LogP contribution in [0.2, 0.25) is 0 Å². The van der Waals surface area contributed by atoms with Gasteiger partial charge >= 0.3 is 12.4 Å². The van der Waals surface area contributed by atoms with Crippen molar-refractivity contribution in [3.63, 3.8) is 0 Å². The summed E-state index contributed by atoms with van der Waals surface area (Å²) in [5.74, 6) is -0.0524. The maximum absolute atomic E-state index is 13.9. The van der Waals surface area contributed by atoms with Crippen molar-refractivity contribution in [2.75, 3.05) is 7.05 Å². The van der Waals surface area contributed by atoms with Gasteiger partial charge in [0, 0.05) is 30.2 Å². The van der Waals surface area contributed by atoms with Crippen LogP contribution in [0.5, 0.6) is 5.75 Å². The fourth-order valence-electron chi connectivity index (χ4n) is 4.24. The highest BCUT2D eigenvalue weighted by atomic mass is 32.1. The molecule has 0 atom stereocenters. The molecule has 2 N–H and O–H groups in total. The number of amides is 1. The van der Waals surface area contributed by atoms with Crippen LogP contribution in [0.4, 0.5) is 26.3 Å². The summed E-state index contributed by atoms with van der Waals surface area (Å²) in [5, 5.41) is 5.64. The van der Waals surface area contributed by atoms with Crippen LogP contribution in [-0.2, 0) is 30.3 Å². The van der Waals surface area contributed by atoms with E-state index in [2.05, 4.69) is 10.6 Å². The van der Waals surface area contributed by atoms with E-state index in [0.717, 1.165) is 17.1 Å². The molecule has 0 spiro atoms. The molecule has 41 heavy (non-hydrogen) atoms. The van der Waals surface area contributed by atoms with Crippen molar-refractivity contribution in [2.45, 2.75) is 25.5 Å². The molecule has 1 amide bonds. The molecule has 1 heterocycles. The van der Waals surface area contributed by atoms with Crippen LogP contribution in [0.1, 0.15) is 27.9 Å². The molecule has 0 saturated carbocycles. The lowest BCUT2D eigenvalue weighted by Crippen LogP contribution is -2.28. The number of hydrogen-bond donors (Lipinski definition) is 2. The number of likely N-dealkylation sites (N-methyl/N-ethyl adjacent to an activating group) is 1. The molecule has 0 aliphatic rings. The SMILES string of the molecule is CNC(=O)/C(=C\c1cc2cc(OCc3ccccc3)ccc2n1Cc1ccc(C(F)(F)F)cc1C(F)(F)F)NC=S. The molecule has 5 nitrogen and oxygen atoms in total. The van der Waals surface area contributed by atoms with E-state index in [4.69, 9.17) is 17.0 Å². The molecule has 0 aliphatic heterocycles. The molecule has 0 aliphatic carbocycles. The molecule has 1 aromatic heterocycles.